The zero-order chi connectivity index (χ0) is 15.4. The molecule has 0 aliphatic heterocycles. The fraction of sp³-hybridized carbons (Fsp3) is 0.500. The van der Waals surface area contributed by atoms with E-state index in [1.54, 1.807) is 0 Å². The Kier molecular flexibility index (Phi) is 4.94. The highest BCUT2D eigenvalue weighted by molar-refractivity contribution is 5.77. The molecule has 0 amide bonds. The van der Waals surface area contributed by atoms with E-state index in [1.807, 2.05) is 29.7 Å². The molecule has 1 aromatic carbocycles. The quantitative estimate of drug-likeness (QED) is 0.884. The van der Waals surface area contributed by atoms with Gasteiger partial charge in [-0.25, -0.2) is 4.98 Å². The van der Waals surface area contributed by atoms with Crippen molar-refractivity contribution in [2.45, 2.75) is 33.4 Å². The average molecular weight is 286 g/mol. The van der Waals surface area contributed by atoms with Crippen LogP contribution >= 0.6 is 0 Å². The SMILES string of the molecule is CCN(CCO)C(C)c1nc2cc(C)ccc2n1CC#N. The lowest BCUT2D eigenvalue weighted by Crippen LogP contribution is -2.31. The summed E-state index contributed by atoms with van der Waals surface area (Å²) in [4.78, 5) is 6.89. The predicted molar refractivity (Wildman–Crippen MR) is 82.8 cm³/mol. The van der Waals surface area contributed by atoms with Gasteiger partial charge in [0.15, 0.2) is 0 Å². The number of aryl methyl sites for hydroxylation is 1. The molecule has 5 heteroatoms. The standard InChI is InChI=1S/C16H22N4O/c1-4-19(9-10-21)13(3)16-18-14-11-12(2)5-6-15(14)20(16)8-7-17/h5-6,11,13,21H,4,8-10H2,1-3H3. The van der Waals surface area contributed by atoms with Gasteiger partial charge in [0.1, 0.15) is 12.4 Å². The lowest BCUT2D eigenvalue weighted by atomic mass is 10.2. The van der Waals surface area contributed by atoms with Gasteiger partial charge < -0.3 is 9.67 Å². The van der Waals surface area contributed by atoms with Crippen molar-refractivity contribution in [2.75, 3.05) is 19.7 Å². The molecular formula is C16H22N4O. The zero-order valence-electron chi connectivity index (χ0n) is 12.9. The highest BCUT2D eigenvalue weighted by Gasteiger charge is 2.21. The Balaban J connectivity index is 2.51. The fourth-order valence-corrected chi connectivity index (χ4v) is 2.73. The number of nitriles is 1. The molecule has 2 aromatic rings. The zero-order valence-corrected chi connectivity index (χ0v) is 12.9. The molecule has 0 aliphatic carbocycles. The monoisotopic (exact) mass is 286 g/mol. The number of aromatic nitrogens is 2. The van der Waals surface area contributed by atoms with E-state index in [9.17, 15) is 5.11 Å². The Morgan fingerprint density at radius 3 is 2.86 bits per heavy atom. The maximum Gasteiger partial charge on any atom is 0.127 e. The lowest BCUT2D eigenvalue weighted by Gasteiger charge is -2.26. The summed E-state index contributed by atoms with van der Waals surface area (Å²) < 4.78 is 1.97. The molecule has 1 atom stereocenters. The van der Waals surface area contributed by atoms with Crippen LogP contribution in [-0.2, 0) is 6.54 Å². The largest absolute Gasteiger partial charge is 0.395 e. The van der Waals surface area contributed by atoms with Crippen molar-refractivity contribution in [3.63, 3.8) is 0 Å². The first-order valence-corrected chi connectivity index (χ1v) is 7.31. The third kappa shape index (κ3) is 3.07. The lowest BCUT2D eigenvalue weighted by molar-refractivity contribution is 0.159. The van der Waals surface area contributed by atoms with Crippen LogP contribution in [0.2, 0.25) is 0 Å². The molecule has 0 aliphatic rings. The fourth-order valence-electron chi connectivity index (χ4n) is 2.73. The van der Waals surface area contributed by atoms with Gasteiger partial charge in [-0.1, -0.05) is 13.0 Å². The number of nitrogens with zero attached hydrogens (tertiary/aromatic N) is 4. The number of hydrogen-bond acceptors (Lipinski definition) is 4. The van der Waals surface area contributed by atoms with E-state index in [2.05, 4.69) is 24.8 Å². The van der Waals surface area contributed by atoms with Crippen LogP contribution in [0.25, 0.3) is 11.0 Å². The number of rotatable bonds is 6. The van der Waals surface area contributed by atoms with Gasteiger partial charge in [0.05, 0.1) is 29.8 Å². The van der Waals surface area contributed by atoms with Crippen molar-refractivity contribution in [1.29, 1.82) is 5.26 Å². The van der Waals surface area contributed by atoms with Crippen LogP contribution in [0.1, 0.15) is 31.3 Å². The van der Waals surface area contributed by atoms with Crippen LogP contribution in [0.4, 0.5) is 0 Å². The summed E-state index contributed by atoms with van der Waals surface area (Å²) in [5.74, 6) is 0.882. The minimum Gasteiger partial charge on any atom is -0.395 e. The maximum atomic E-state index is 9.19. The predicted octanol–water partition coefficient (Wildman–Crippen LogP) is 2.24. The number of fused-ring (bicyclic) bond motifs is 1. The van der Waals surface area contributed by atoms with Gasteiger partial charge in [0, 0.05) is 6.54 Å². The van der Waals surface area contributed by atoms with Crippen molar-refractivity contribution in [2.24, 2.45) is 0 Å². The molecule has 0 radical (unpaired) electrons. The molecule has 0 spiro atoms. The third-order valence-electron chi connectivity index (χ3n) is 3.88. The molecule has 21 heavy (non-hydrogen) atoms. The van der Waals surface area contributed by atoms with Gasteiger partial charge in [0.2, 0.25) is 0 Å². The van der Waals surface area contributed by atoms with E-state index in [-0.39, 0.29) is 19.2 Å². The second kappa shape index (κ2) is 6.70. The van der Waals surface area contributed by atoms with Gasteiger partial charge >= 0.3 is 0 Å². The van der Waals surface area contributed by atoms with Crippen LogP contribution in [0, 0.1) is 18.3 Å². The summed E-state index contributed by atoms with van der Waals surface area (Å²) in [7, 11) is 0. The summed E-state index contributed by atoms with van der Waals surface area (Å²) in [6, 6.07) is 8.38. The van der Waals surface area contributed by atoms with Crippen molar-refractivity contribution in [3.8, 4) is 6.07 Å². The van der Waals surface area contributed by atoms with Crippen LogP contribution in [0.15, 0.2) is 18.2 Å². The molecule has 1 heterocycles. The second-order valence-electron chi connectivity index (χ2n) is 5.23. The van der Waals surface area contributed by atoms with Crippen molar-refractivity contribution in [1.82, 2.24) is 14.5 Å². The number of aliphatic hydroxyl groups excluding tert-OH is 1. The summed E-state index contributed by atoms with van der Waals surface area (Å²) in [6.07, 6.45) is 0. The first-order chi connectivity index (χ1) is 10.1. The Bertz CT molecular complexity index is 656. The number of hydrogen-bond donors (Lipinski definition) is 1. The van der Waals surface area contributed by atoms with Gasteiger partial charge in [-0.2, -0.15) is 5.26 Å². The summed E-state index contributed by atoms with van der Waals surface area (Å²) in [5, 5.41) is 18.3. The third-order valence-corrected chi connectivity index (χ3v) is 3.88. The first-order valence-electron chi connectivity index (χ1n) is 7.31. The Hall–Kier alpha value is -1.90. The number of imidazole rings is 1. The molecule has 5 nitrogen and oxygen atoms in total. The smallest absolute Gasteiger partial charge is 0.127 e. The molecule has 1 unspecified atom stereocenters. The molecule has 1 aromatic heterocycles. The number of benzene rings is 1. The van der Waals surface area contributed by atoms with Gasteiger partial charge in [-0.05, 0) is 38.1 Å². The van der Waals surface area contributed by atoms with Gasteiger partial charge in [-0.15, -0.1) is 0 Å². The van der Waals surface area contributed by atoms with Crippen LogP contribution in [-0.4, -0.2) is 39.3 Å². The highest BCUT2D eigenvalue weighted by atomic mass is 16.3. The average Bonchev–Trinajstić information content (AvgIpc) is 2.82. The first kappa shape index (κ1) is 15.5. The molecule has 0 fully saturated rings. The topological polar surface area (TPSA) is 65.1 Å². The molecule has 0 saturated heterocycles. The van der Waals surface area contributed by atoms with Crippen LogP contribution < -0.4 is 0 Å². The van der Waals surface area contributed by atoms with E-state index in [0.29, 0.717) is 6.54 Å². The molecule has 0 saturated carbocycles. The van der Waals surface area contributed by atoms with E-state index in [4.69, 9.17) is 10.2 Å². The Labute approximate surface area is 125 Å². The Morgan fingerprint density at radius 1 is 1.48 bits per heavy atom. The molecule has 112 valence electrons. The van der Waals surface area contributed by atoms with Crippen molar-refractivity contribution in [3.05, 3.63) is 29.6 Å². The van der Waals surface area contributed by atoms with E-state index in [1.165, 1.54) is 0 Å². The molecule has 1 N–H and O–H groups in total. The highest BCUT2D eigenvalue weighted by Crippen LogP contribution is 2.25. The van der Waals surface area contributed by atoms with E-state index < -0.39 is 0 Å². The van der Waals surface area contributed by atoms with Gasteiger partial charge in [0.25, 0.3) is 0 Å². The molecular weight excluding hydrogens is 264 g/mol. The minimum absolute atomic E-state index is 0.0585. The number of aliphatic hydroxyl groups is 1. The minimum atomic E-state index is 0.0585. The summed E-state index contributed by atoms with van der Waals surface area (Å²) in [6.45, 7) is 8.01. The summed E-state index contributed by atoms with van der Waals surface area (Å²) in [5.41, 5.74) is 3.07. The number of likely N-dealkylation sites (N-methyl/N-ethyl adjacent to an activating group) is 1. The molecule has 0 bridgehead atoms. The second-order valence-corrected chi connectivity index (χ2v) is 5.23. The Morgan fingerprint density at radius 2 is 2.24 bits per heavy atom. The molecule has 2 rings (SSSR count). The summed E-state index contributed by atoms with van der Waals surface area (Å²) >= 11 is 0. The van der Waals surface area contributed by atoms with Gasteiger partial charge in [-0.3, -0.25) is 4.90 Å². The van der Waals surface area contributed by atoms with Crippen molar-refractivity contribution < 1.29 is 5.11 Å². The van der Waals surface area contributed by atoms with Crippen molar-refractivity contribution >= 4 is 11.0 Å². The van der Waals surface area contributed by atoms with Crippen LogP contribution in [0.5, 0.6) is 0 Å². The maximum absolute atomic E-state index is 9.19. The van der Waals surface area contributed by atoms with E-state index >= 15 is 0 Å². The van der Waals surface area contributed by atoms with E-state index in [0.717, 1.165) is 29.0 Å². The van der Waals surface area contributed by atoms with Crippen LogP contribution in [0.3, 0.4) is 0 Å². The normalized spacial score (nSPS) is 12.8.